The predicted octanol–water partition coefficient (Wildman–Crippen LogP) is 3.76. The van der Waals surface area contributed by atoms with Gasteiger partial charge in [-0.3, -0.25) is 4.79 Å². The summed E-state index contributed by atoms with van der Waals surface area (Å²) in [5.41, 5.74) is 0. The minimum absolute atomic E-state index is 0.1000. The molecular weight excluding hydrogens is 186 g/mol. The van der Waals surface area contributed by atoms with Gasteiger partial charge < -0.3 is 5.32 Å². The summed E-state index contributed by atoms with van der Waals surface area (Å²) in [5, 5.41) is 2.83. The fourth-order valence-electron chi connectivity index (χ4n) is 1.75. The fraction of sp³-hybridized carbons (Fsp3) is 0.923. The average molecular weight is 215 g/mol. The molecule has 0 spiro atoms. The summed E-state index contributed by atoms with van der Waals surface area (Å²) < 4.78 is 0. The van der Waals surface area contributed by atoms with Gasteiger partial charge in [0.1, 0.15) is 0 Å². The van der Waals surface area contributed by atoms with Crippen molar-refractivity contribution in [2.75, 3.05) is 6.54 Å². The Morgan fingerprint density at radius 1 is 1.13 bits per heavy atom. The summed E-state index contributed by atoms with van der Waals surface area (Å²) in [6.45, 7) is 10.5. The Hall–Kier alpha value is -0.530. The molecule has 0 aromatic rings. The summed E-state index contributed by atoms with van der Waals surface area (Å²) in [7, 11) is 0. The topological polar surface area (TPSA) is 29.1 Å². The smallest absolute Gasteiger partial charge is 0.216 e. The van der Waals surface area contributed by atoms with E-state index in [0.717, 1.165) is 12.5 Å². The Labute approximate surface area is 95.8 Å². The first kappa shape index (κ1) is 16.9. The van der Waals surface area contributed by atoms with Crippen molar-refractivity contribution in [2.24, 2.45) is 5.92 Å². The van der Waals surface area contributed by atoms with Gasteiger partial charge in [-0.25, -0.2) is 0 Å². The molecule has 0 unspecified atom stereocenters. The van der Waals surface area contributed by atoms with Crippen molar-refractivity contribution >= 4 is 5.91 Å². The summed E-state index contributed by atoms with van der Waals surface area (Å²) in [6, 6.07) is 0. The maximum Gasteiger partial charge on any atom is 0.216 e. The molecule has 0 aromatic heterocycles. The molecule has 0 saturated heterocycles. The fourth-order valence-corrected chi connectivity index (χ4v) is 1.75. The molecule has 0 aromatic carbocycles. The van der Waals surface area contributed by atoms with Crippen LogP contribution in [0.5, 0.6) is 0 Å². The van der Waals surface area contributed by atoms with Gasteiger partial charge in [-0.15, -0.1) is 0 Å². The molecule has 1 aliphatic carbocycles. The molecule has 0 aliphatic heterocycles. The molecule has 0 heterocycles. The average Bonchev–Trinajstić information content (AvgIpc) is 2.76. The van der Waals surface area contributed by atoms with Gasteiger partial charge in [0.25, 0.3) is 0 Å². The summed E-state index contributed by atoms with van der Waals surface area (Å²) in [6.07, 6.45) is 6.72. The first-order chi connectivity index (χ1) is 7.29. The number of carbonyl (C=O) groups excluding carboxylic acids is 1. The maximum atomic E-state index is 10.5. The van der Waals surface area contributed by atoms with Gasteiger partial charge in [0.05, 0.1) is 0 Å². The lowest BCUT2D eigenvalue weighted by atomic mass is 10.0. The predicted molar refractivity (Wildman–Crippen MR) is 68.0 cm³/mol. The van der Waals surface area contributed by atoms with Crippen molar-refractivity contribution in [3.63, 3.8) is 0 Å². The number of hydrogen-bond donors (Lipinski definition) is 1. The molecule has 92 valence electrons. The van der Waals surface area contributed by atoms with Gasteiger partial charge >= 0.3 is 0 Å². The van der Waals surface area contributed by atoms with Gasteiger partial charge in [-0.2, -0.15) is 0 Å². The quantitative estimate of drug-likeness (QED) is 0.763. The molecule has 0 bridgehead atoms. The van der Waals surface area contributed by atoms with Gasteiger partial charge in [-0.05, 0) is 12.3 Å². The summed E-state index contributed by atoms with van der Waals surface area (Å²) in [5.74, 6) is 0.991. The standard InChI is InChI=1S/C9H17NO.2C2H6/c1-8(11)10-7-6-9-4-2-3-5-9;2*1-2/h9H,2-7H2,1H3,(H,10,11);2*1-2H3. The third-order valence-electron chi connectivity index (χ3n) is 2.40. The third-order valence-corrected chi connectivity index (χ3v) is 2.40. The van der Waals surface area contributed by atoms with E-state index in [1.165, 1.54) is 32.1 Å². The lowest BCUT2D eigenvalue weighted by molar-refractivity contribution is -0.118. The van der Waals surface area contributed by atoms with E-state index < -0.39 is 0 Å². The van der Waals surface area contributed by atoms with Crippen LogP contribution in [0.2, 0.25) is 0 Å². The van der Waals surface area contributed by atoms with E-state index in [4.69, 9.17) is 0 Å². The van der Waals surface area contributed by atoms with Crippen LogP contribution < -0.4 is 5.32 Å². The van der Waals surface area contributed by atoms with Crippen LogP contribution in [-0.4, -0.2) is 12.5 Å². The molecule has 1 aliphatic rings. The number of amides is 1. The molecule has 2 nitrogen and oxygen atoms in total. The molecule has 2 heteroatoms. The van der Waals surface area contributed by atoms with Crippen molar-refractivity contribution in [2.45, 2.75) is 66.7 Å². The van der Waals surface area contributed by atoms with E-state index in [9.17, 15) is 4.79 Å². The van der Waals surface area contributed by atoms with Gasteiger partial charge in [0.2, 0.25) is 5.91 Å². The van der Waals surface area contributed by atoms with E-state index in [1.54, 1.807) is 6.92 Å². The van der Waals surface area contributed by atoms with Crippen molar-refractivity contribution in [1.82, 2.24) is 5.32 Å². The zero-order valence-electron chi connectivity index (χ0n) is 11.2. The highest BCUT2D eigenvalue weighted by molar-refractivity contribution is 5.72. The lowest BCUT2D eigenvalue weighted by Gasteiger charge is -2.07. The van der Waals surface area contributed by atoms with Crippen LogP contribution >= 0.6 is 0 Å². The third kappa shape index (κ3) is 11.4. The van der Waals surface area contributed by atoms with Crippen molar-refractivity contribution in [1.29, 1.82) is 0 Å². The maximum absolute atomic E-state index is 10.5. The monoisotopic (exact) mass is 215 g/mol. The normalized spacial score (nSPS) is 14.5. The van der Waals surface area contributed by atoms with Crippen LogP contribution in [0, 0.1) is 5.92 Å². The van der Waals surface area contributed by atoms with Crippen LogP contribution in [0.4, 0.5) is 0 Å². The van der Waals surface area contributed by atoms with E-state index in [0.29, 0.717) is 0 Å². The van der Waals surface area contributed by atoms with Crippen LogP contribution in [0.1, 0.15) is 66.7 Å². The lowest BCUT2D eigenvalue weighted by Crippen LogP contribution is -2.22. The molecule has 1 rings (SSSR count). The van der Waals surface area contributed by atoms with E-state index in [2.05, 4.69) is 5.32 Å². The highest BCUT2D eigenvalue weighted by Gasteiger charge is 2.13. The minimum atomic E-state index is 0.1000. The molecule has 0 atom stereocenters. The minimum Gasteiger partial charge on any atom is -0.356 e. The van der Waals surface area contributed by atoms with E-state index in [1.807, 2.05) is 27.7 Å². The Kier molecular flexibility index (Phi) is 15.2. The molecule has 1 N–H and O–H groups in total. The highest BCUT2D eigenvalue weighted by atomic mass is 16.1. The van der Waals surface area contributed by atoms with Crippen LogP contribution in [0.25, 0.3) is 0 Å². The molecule has 1 fully saturated rings. The van der Waals surface area contributed by atoms with E-state index in [-0.39, 0.29) is 5.91 Å². The Morgan fingerprint density at radius 3 is 2.00 bits per heavy atom. The number of hydrogen-bond acceptors (Lipinski definition) is 1. The zero-order chi connectivity index (χ0) is 12.1. The first-order valence-electron chi connectivity index (χ1n) is 6.53. The summed E-state index contributed by atoms with van der Waals surface area (Å²) in [4.78, 5) is 10.5. The molecule has 1 saturated carbocycles. The molecule has 1 amide bonds. The largest absolute Gasteiger partial charge is 0.356 e. The second kappa shape index (κ2) is 13.5. The molecule has 0 radical (unpaired) electrons. The summed E-state index contributed by atoms with van der Waals surface area (Å²) >= 11 is 0. The Bertz CT molecular complexity index is 128. The van der Waals surface area contributed by atoms with Gasteiger partial charge in [-0.1, -0.05) is 53.4 Å². The highest BCUT2D eigenvalue weighted by Crippen LogP contribution is 2.26. The van der Waals surface area contributed by atoms with Crippen LogP contribution in [-0.2, 0) is 4.79 Å². The Morgan fingerprint density at radius 2 is 1.60 bits per heavy atom. The van der Waals surface area contributed by atoms with Crippen LogP contribution in [0.15, 0.2) is 0 Å². The number of carbonyl (C=O) groups is 1. The SMILES string of the molecule is CC.CC.CC(=O)NCCC1CCCC1. The van der Waals surface area contributed by atoms with Gasteiger partial charge in [0.15, 0.2) is 0 Å². The van der Waals surface area contributed by atoms with Crippen LogP contribution in [0.3, 0.4) is 0 Å². The van der Waals surface area contributed by atoms with Crippen molar-refractivity contribution < 1.29 is 4.79 Å². The van der Waals surface area contributed by atoms with Gasteiger partial charge in [0, 0.05) is 13.5 Å². The van der Waals surface area contributed by atoms with Crippen molar-refractivity contribution in [3.05, 3.63) is 0 Å². The van der Waals surface area contributed by atoms with Crippen molar-refractivity contribution in [3.8, 4) is 0 Å². The number of rotatable bonds is 3. The number of nitrogens with one attached hydrogen (secondary N) is 1. The Balaban J connectivity index is 0. The zero-order valence-corrected chi connectivity index (χ0v) is 11.2. The second-order valence-corrected chi connectivity index (χ2v) is 3.42. The first-order valence-corrected chi connectivity index (χ1v) is 6.53. The van der Waals surface area contributed by atoms with E-state index >= 15 is 0 Å². The molecular formula is C13H29NO. The molecule has 15 heavy (non-hydrogen) atoms. The second-order valence-electron chi connectivity index (χ2n) is 3.42.